The standard InChI is InChI=1S/C24H21N3O4/c1-16(24(30)27-20-11-9-17(14-25)10-12-20)31-23(29)15-26-22(28)13-19-7-4-6-18-5-2-3-8-21(18)19/h2-12,16H,13,15H2,1H3,(H,26,28)(H,27,30)/t16-/m1/s1. The molecule has 0 saturated carbocycles. The van der Waals surface area contributed by atoms with Crippen LogP contribution in [-0.4, -0.2) is 30.4 Å². The van der Waals surface area contributed by atoms with Crippen molar-refractivity contribution < 1.29 is 19.1 Å². The molecule has 0 aliphatic heterocycles. The van der Waals surface area contributed by atoms with Crippen LogP contribution in [0.5, 0.6) is 0 Å². The van der Waals surface area contributed by atoms with Crippen molar-refractivity contribution in [3.8, 4) is 6.07 Å². The quantitative estimate of drug-likeness (QED) is 0.577. The van der Waals surface area contributed by atoms with Gasteiger partial charge in [-0.3, -0.25) is 14.4 Å². The van der Waals surface area contributed by atoms with E-state index in [2.05, 4.69) is 10.6 Å². The summed E-state index contributed by atoms with van der Waals surface area (Å²) in [5.41, 5.74) is 1.81. The molecule has 0 unspecified atom stereocenters. The summed E-state index contributed by atoms with van der Waals surface area (Å²) in [7, 11) is 0. The summed E-state index contributed by atoms with van der Waals surface area (Å²) in [4.78, 5) is 36.4. The first-order chi connectivity index (χ1) is 15.0. The van der Waals surface area contributed by atoms with Crippen molar-refractivity contribution in [3.63, 3.8) is 0 Å². The molecule has 0 aliphatic rings. The lowest BCUT2D eigenvalue weighted by molar-refractivity contribution is -0.152. The second kappa shape index (κ2) is 10.0. The first-order valence-corrected chi connectivity index (χ1v) is 9.70. The van der Waals surface area contributed by atoms with Gasteiger partial charge in [-0.25, -0.2) is 0 Å². The van der Waals surface area contributed by atoms with Crippen molar-refractivity contribution in [3.05, 3.63) is 77.9 Å². The second-order valence-corrected chi connectivity index (χ2v) is 6.90. The van der Waals surface area contributed by atoms with Gasteiger partial charge >= 0.3 is 5.97 Å². The van der Waals surface area contributed by atoms with E-state index >= 15 is 0 Å². The number of nitriles is 1. The molecule has 1 atom stereocenters. The Morgan fingerprint density at radius 3 is 2.45 bits per heavy atom. The molecule has 0 fully saturated rings. The smallest absolute Gasteiger partial charge is 0.326 e. The van der Waals surface area contributed by atoms with Gasteiger partial charge < -0.3 is 15.4 Å². The summed E-state index contributed by atoms with van der Waals surface area (Å²) in [6.45, 7) is 1.10. The van der Waals surface area contributed by atoms with Crippen molar-refractivity contribution in [2.24, 2.45) is 0 Å². The van der Waals surface area contributed by atoms with Gasteiger partial charge in [-0.15, -0.1) is 0 Å². The van der Waals surface area contributed by atoms with Gasteiger partial charge in [0.2, 0.25) is 5.91 Å². The zero-order valence-electron chi connectivity index (χ0n) is 16.9. The summed E-state index contributed by atoms with van der Waals surface area (Å²) < 4.78 is 5.08. The molecule has 3 rings (SSSR count). The average molecular weight is 415 g/mol. The molecule has 7 heteroatoms. The number of hydrogen-bond acceptors (Lipinski definition) is 5. The van der Waals surface area contributed by atoms with Crippen LogP contribution < -0.4 is 10.6 Å². The van der Waals surface area contributed by atoms with Gasteiger partial charge in [0.25, 0.3) is 5.91 Å². The van der Waals surface area contributed by atoms with E-state index < -0.39 is 18.0 Å². The Balaban J connectivity index is 1.46. The third-order valence-corrected chi connectivity index (χ3v) is 4.62. The highest BCUT2D eigenvalue weighted by molar-refractivity contribution is 5.95. The van der Waals surface area contributed by atoms with Crippen LogP contribution >= 0.6 is 0 Å². The molecular weight excluding hydrogens is 394 g/mol. The topological polar surface area (TPSA) is 108 Å². The van der Waals surface area contributed by atoms with E-state index in [4.69, 9.17) is 10.00 Å². The minimum atomic E-state index is -1.04. The van der Waals surface area contributed by atoms with Crippen molar-refractivity contribution in [1.82, 2.24) is 5.32 Å². The minimum absolute atomic E-state index is 0.128. The monoisotopic (exact) mass is 415 g/mol. The molecule has 0 spiro atoms. The summed E-state index contributed by atoms with van der Waals surface area (Å²) in [6, 6.07) is 21.8. The van der Waals surface area contributed by atoms with Gasteiger partial charge in [0.15, 0.2) is 6.10 Å². The van der Waals surface area contributed by atoms with Crippen LogP contribution in [0.2, 0.25) is 0 Å². The molecule has 31 heavy (non-hydrogen) atoms. The van der Waals surface area contributed by atoms with Crippen LogP contribution in [0.3, 0.4) is 0 Å². The van der Waals surface area contributed by atoms with Gasteiger partial charge in [0.1, 0.15) is 6.54 Å². The Bertz CT molecular complexity index is 1140. The highest BCUT2D eigenvalue weighted by Gasteiger charge is 2.18. The van der Waals surface area contributed by atoms with Gasteiger partial charge in [-0.1, -0.05) is 42.5 Å². The Morgan fingerprint density at radius 1 is 1.00 bits per heavy atom. The van der Waals surface area contributed by atoms with E-state index in [0.29, 0.717) is 11.3 Å². The predicted octanol–water partition coefficient (Wildman–Crippen LogP) is 2.94. The lowest BCUT2D eigenvalue weighted by atomic mass is 10.0. The van der Waals surface area contributed by atoms with Gasteiger partial charge in [0, 0.05) is 5.69 Å². The largest absolute Gasteiger partial charge is 0.451 e. The number of esters is 1. The Labute approximate surface area is 179 Å². The fourth-order valence-corrected chi connectivity index (χ4v) is 3.02. The molecule has 156 valence electrons. The van der Waals surface area contributed by atoms with Crippen LogP contribution in [-0.2, 0) is 25.5 Å². The molecule has 0 bridgehead atoms. The van der Waals surface area contributed by atoms with E-state index in [-0.39, 0.29) is 18.9 Å². The maximum absolute atomic E-state index is 12.3. The van der Waals surface area contributed by atoms with Crippen LogP contribution in [0.15, 0.2) is 66.7 Å². The number of nitrogens with zero attached hydrogens (tertiary/aromatic N) is 1. The Hall–Kier alpha value is -4.18. The number of anilines is 1. The number of nitrogens with one attached hydrogen (secondary N) is 2. The zero-order valence-corrected chi connectivity index (χ0v) is 16.9. The molecule has 0 radical (unpaired) electrons. The van der Waals surface area contributed by atoms with Crippen LogP contribution in [0, 0.1) is 11.3 Å². The molecule has 0 aromatic heterocycles. The predicted molar refractivity (Wildman–Crippen MR) is 116 cm³/mol. The normalized spacial score (nSPS) is 11.2. The lowest BCUT2D eigenvalue weighted by Gasteiger charge is -2.14. The second-order valence-electron chi connectivity index (χ2n) is 6.90. The third-order valence-electron chi connectivity index (χ3n) is 4.62. The highest BCUT2D eigenvalue weighted by atomic mass is 16.5. The fraction of sp³-hybridized carbons (Fsp3) is 0.167. The maximum Gasteiger partial charge on any atom is 0.326 e. The number of carbonyl (C=O) groups excluding carboxylic acids is 3. The van der Waals surface area contributed by atoms with E-state index in [1.165, 1.54) is 6.92 Å². The first-order valence-electron chi connectivity index (χ1n) is 9.70. The third kappa shape index (κ3) is 5.90. The molecule has 2 amide bonds. The number of carbonyl (C=O) groups is 3. The van der Waals surface area contributed by atoms with Crippen LogP contribution in [0.4, 0.5) is 5.69 Å². The van der Waals surface area contributed by atoms with Gasteiger partial charge in [-0.05, 0) is 47.5 Å². The Kier molecular flexibility index (Phi) is 6.97. The molecule has 2 N–H and O–H groups in total. The van der Waals surface area contributed by atoms with E-state index in [9.17, 15) is 14.4 Å². The molecular formula is C24H21N3O4. The van der Waals surface area contributed by atoms with E-state index in [1.807, 2.05) is 48.5 Å². The number of ether oxygens (including phenoxy) is 1. The zero-order chi connectivity index (χ0) is 22.2. The Morgan fingerprint density at radius 2 is 1.71 bits per heavy atom. The van der Waals surface area contributed by atoms with Crippen LogP contribution in [0.1, 0.15) is 18.1 Å². The van der Waals surface area contributed by atoms with Crippen molar-refractivity contribution in [2.75, 3.05) is 11.9 Å². The van der Waals surface area contributed by atoms with Crippen molar-refractivity contribution in [1.29, 1.82) is 5.26 Å². The first kappa shape index (κ1) is 21.5. The average Bonchev–Trinajstić information content (AvgIpc) is 2.78. The summed E-state index contributed by atoms with van der Waals surface area (Å²) in [5, 5.41) is 15.9. The SMILES string of the molecule is C[C@@H](OC(=O)CNC(=O)Cc1cccc2ccccc12)C(=O)Nc1ccc(C#N)cc1. The minimum Gasteiger partial charge on any atom is -0.451 e. The molecule has 0 heterocycles. The number of benzene rings is 3. The summed E-state index contributed by atoms with van der Waals surface area (Å²) in [6.07, 6.45) is -0.915. The van der Waals surface area contributed by atoms with Gasteiger partial charge in [0.05, 0.1) is 18.1 Å². The summed E-state index contributed by atoms with van der Waals surface area (Å²) >= 11 is 0. The molecule has 0 saturated heterocycles. The maximum atomic E-state index is 12.3. The number of rotatable bonds is 7. The van der Waals surface area contributed by atoms with Gasteiger partial charge in [-0.2, -0.15) is 5.26 Å². The highest BCUT2D eigenvalue weighted by Crippen LogP contribution is 2.18. The van der Waals surface area contributed by atoms with E-state index in [0.717, 1.165) is 16.3 Å². The fourth-order valence-electron chi connectivity index (χ4n) is 3.02. The van der Waals surface area contributed by atoms with Crippen LogP contribution in [0.25, 0.3) is 10.8 Å². The number of amides is 2. The van der Waals surface area contributed by atoms with Crippen molar-refractivity contribution in [2.45, 2.75) is 19.4 Å². The molecule has 3 aromatic carbocycles. The lowest BCUT2D eigenvalue weighted by Crippen LogP contribution is -2.36. The van der Waals surface area contributed by atoms with E-state index in [1.54, 1.807) is 24.3 Å². The molecule has 3 aromatic rings. The number of fused-ring (bicyclic) bond motifs is 1. The number of hydrogen-bond donors (Lipinski definition) is 2. The molecule has 0 aliphatic carbocycles. The van der Waals surface area contributed by atoms with Crippen molar-refractivity contribution >= 4 is 34.2 Å². The summed E-state index contributed by atoms with van der Waals surface area (Å²) in [5.74, 6) is -1.54. The molecule has 7 nitrogen and oxygen atoms in total.